The van der Waals surface area contributed by atoms with Crippen LogP contribution < -0.4 is 4.57 Å². The molecule has 0 aliphatic rings. The molecule has 3 aromatic carbocycles. The van der Waals surface area contributed by atoms with Crippen LogP contribution in [0.3, 0.4) is 0 Å². The number of hydrogen-bond donors (Lipinski definition) is 0. The van der Waals surface area contributed by atoms with Gasteiger partial charge in [0.1, 0.15) is 18.2 Å². The molecule has 0 atom stereocenters. The Morgan fingerprint density at radius 2 is 1.59 bits per heavy atom. The van der Waals surface area contributed by atoms with Crippen molar-refractivity contribution in [2.24, 2.45) is 7.05 Å². The second-order valence-corrected chi connectivity index (χ2v) is 8.49. The molecule has 0 N–H and O–H groups in total. The standard InChI is InChI=1S/C29H25N2O/c1-18(2)20-9-11-21(12-10-20)27-22(17-30)13-15-24-23-14-8-19(3)26(28(23)32-29(24)27)25-7-5-6-16-31(25)4/h5-16,18H,1-4H3/q+1/i18D. The van der Waals surface area contributed by atoms with E-state index in [0.29, 0.717) is 11.1 Å². The maximum absolute atomic E-state index is 9.89. The SMILES string of the molecule is [2H]C(C)(C)c1ccc(-c2c(C#N)ccc3c2oc2c(-c4cccc[n+]4C)c(C)ccc23)cc1. The molecule has 0 saturated carbocycles. The minimum atomic E-state index is -0.681. The molecule has 0 amide bonds. The van der Waals surface area contributed by atoms with Gasteiger partial charge < -0.3 is 4.42 Å². The van der Waals surface area contributed by atoms with Crippen LogP contribution in [0.4, 0.5) is 0 Å². The van der Waals surface area contributed by atoms with Gasteiger partial charge in [0.25, 0.3) is 0 Å². The number of rotatable bonds is 3. The number of fused-ring (bicyclic) bond motifs is 3. The zero-order chi connectivity index (χ0) is 23.3. The van der Waals surface area contributed by atoms with Gasteiger partial charge in [0.15, 0.2) is 6.20 Å². The van der Waals surface area contributed by atoms with Gasteiger partial charge in [-0.25, -0.2) is 4.57 Å². The van der Waals surface area contributed by atoms with E-state index in [-0.39, 0.29) is 0 Å². The van der Waals surface area contributed by atoms with Crippen LogP contribution in [-0.2, 0) is 7.05 Å². The number of hydrogen-bond acceptors (Lipinski definition) is 2. The minimum Gasteiger partial charge on any atom is -0.454 e. The molecule has 2 heterocycles. The van der Waals surface area contributed by atoms with Crippen molar-refractivity contribution in [1.29, 1.82) is 5.26 Å². The number of furan rings is 1. The van der Waals surface area contributed by atoms with Crippen molar-refractivity contribution < 1.29 is 10.4 Å². The zero-order valence-electron chi connectivity index (χ0n) is 19.7. The Bertz CT molecular complexity index is 1560. The second kappa shape index (κ2) is 7.66. The van der Waals surface area contributed by atoms with Gasteiger partial charge >= 0.3 is 0 Å². The summed E-state index contributed by atoms with van der Waals surface area (Å²) in [6.07, 6.45) is 2.03. The van der Waals surface area contributed by atoms with E-state index < -0.39 is 5.89 Å². The number of nitriles is 1. The Labute approximate surface area is 189 Å². The van der Waals surface area contributed by atoms with Gasteiger partial charge in [-0.2, -0.15) is 5.26 Å². The van der Waals surface area contributed by atoms with Crippen LogP contribution in [0.5, 0.6) is 0 Å². The highest BCUT2D eigenvalue weighted by atomic mass is 16.3. The first kappa shape index (κ1) is 18.8. The van der Waals surface area contributed by atoms with E-state index in [2.05, 4.69) is 35.8 Å². The molecule has 0 bridgehead atoms. The number of benzene rings is 3. The van der Waals surface area contributed by atoms with Crippen molar-refractivity contribution in [3.05, 3.63) is 89.6 Å². The summed E-state index contributed by atoms with van der Waals surface area (Å²) in [5.41, 5.74) is 8.01. The molecule has 0 fully saturated rings. The summed E-state index contributed by atoms with van der Waals surface area (Å²) in [6.45, 7) is 5.84. The van der Waals surface area contributed by atoms with Gasteiger partial charge in [-0.15, -0.1) is 0 Å². The summed E-state index contributed by atoms with van der Waals surface area (Å²) in [5.74, 6) is -0.681. The van der Waals surface area contributed by atoms with E-state index in [0.717, 1.165) is 49.9 Å². The van der Waals surface area contributed by atoms with Gasteiger partial charge in [-0.05, 0) is 47.7 Å². The third-order valence-corrected chi connectivity index (χ3v) is 6.20. The van der Waals surface area contributed by atoms with Crippen LogP contribution >= 0.6 is 0 Å². The fraction of sp³-hybridized carbons (Fsp3) is 0.172. The molecule has 32 heavy (non-hydrogen) atoms. The highest BCUT2D eigenvalue weighted by Gasteiger charge is 2.22. The fourth-order valence-corrected chi connectivity index (χ4v) is 4.45. The molecule has 3 heteroatoms. The summed E-state index contributed by atoms with van der Waals surface area (Å²) < 4.78 is 17.0. The van der Waals surface area contributed by atoms with Crippen LogP contribution in [0.25, 0.3) is 44.3 Å². The molecule has 0 saturated heterocycles. The van der Waals surface area contributed by atoms with Crippen LogP contribution in [0.2, 0.25) is 0 Å². The molecular weight excluding hydrogens is 392 g/mol. The quantitative estimate of drug-likeness (QED) is 0.295. The second-order valence-electron chi connectivity index (χ2n) is 8.49. The molecule has 0 aliphatic heterocycles. The molecule has 5 aromatic rings. The first-order valence-corrected chi connectivity index (χ1v) is 10.7. The number of pyridine rings is 1. The highest BCUT2D eigenvalue weighted by Crippen LogP contribution is 2.41. The molecule has 0 unspecified atom stereocenters. The van der Waals surface area contributed by atoms with Crippen molar-refractivity contribution in [3.63, 3.8) is 0 Å². The normalized spacial score (nSPS) is 12.2. The van der Waals surface area contributed by atoms with Crippen molar-refractivity contribution >= 4 is 21.9 Å². The van der Waals surface area contributed by atoms with Crippen molar-refractivity contribution in [1.82, 2.24) is 0 Å². The maximum Gasteiger partial charge on any atom is 0.216 e. The monoisotopic (exact) mass is 418 g/mol. The lowest BCUT2D eigenvalue weighted by Crippen LogP contribution is -2.30. The molecule has 156 valence electrons. The van der Waals surface area contributed by atoms with E-state index >= 15 is 0 Å². The molecular formula is C29H25N2O+. The van der Waals surface area contributed by atoms with Gasteiger partial charge in [0.2, 0.25) is 5.69 Å². The maximum atomic E-state index is 9.89. The van der Waals surface area contributed by atoms with E-state index in [4.69, 9.17) is 5.79 Å². The minimum absolute atomic E-state index is 0.572. The summed E-state index contributed by atoms with van der Waals surface area (Å²) in [5, 5.41) is 11.9. The molecule has 0 spiro atoms. The van der Waals surface area contributed by atoms with Crippen LogP contribution in [0.15, 0.2) is 77.3 Å². The van der Waals surface area contributed by atoms with Gasteiger partial charge in [-0.1, -0.05) is 50.2 Å². The fourth-order valence-electron chi connectivity index (χ4n) is 4.45. The third-order valence-electron chi connectivity index (χ3n) is 6.20. The highest BCUT2D eigenvalue weighted by molar-refractivity contribution is 6.13. The molecule has 3 nitrogen and oxygen atoms in total. The van der Waals surface area contributed by atoms with E-state index in [9.17, 15) is 5.26 Å². The Hall–Kier alpha value is -3.90. The van der Waals surface area contributed by atoms with Crippen LogP contribution in [0, 0.1) is 18.3 Å². The average Bonchev–Trinajstić information content (AvgIpc) is 3.17. The van der Waals surface area contributed by atoms with Crippen LogP contribution in [0.1, 0.15) is 37.8 Å². The van der Waals surface area contributed by atoms with Crippen LogP contribution in [-0.4, -0.2) is 0 Å². The smallest absolute Gasteiger partial charge is 0.216 e. The lowest BCUT2D eigenvalue weighted by atomic mass is 9.94. The number of aromatic nitrogens is 1. The summed E-state index contributed by atoms with van der Waals surface area (Å²) in [4.78, 5) is 0. The largest absolute Gasteiger partial charge is 0.454 e. The molecule has 0 aliphatic carbocycles. The summed E-state index contributed by atoms with van der Waals surface area (Å²) >= 11 is 0. The van der Waals surface area contributed by atoms with Gasteiger partial charge in [0.05, 0.1) is 17.2 Å². The molecule has 0 radical (unpaired) electrons. The third kappa shape index (κ3) is 3.08. The topological polar surface area (TPSA) is 40.8 Å². The van der Waals surface area contributed by atoms with Crippen molar-refractivity contribution in [3.8, 4) is 28.5 Å². The Morgan fingerprint density at radius 1 is 0.906 bits per heavy atom. The molecule has 2 aromatic heterocycles. The lowest BCUT2D eigenvalue weighted by Gasteiger charge is -2.09. The van der Waals surface area contributed by atoms with E-state index in [1.165, 1.54) is 0 Å². The average molecular weight is 419 g/mol. The molecule has 5 rings (SSSR count). The zero-order valence-corrected chi connectivity index (χ0v) is 18.7. The number of aryl methyl sites for hydroxylation is 2. The summed E-state index contributed by atoms with van der Waals surface area (Å²) in [7, 11) is 2.03. The van der Waals surface area contributed by atoms with Gasteiger partial charge in [0, 0.05) is 29.8 Å². The first-order chi connectivity index (χ1) is 15.8. The first-order valence-electron chi connectivity index (χ1n) is 11.2. The van der Waals surface area contributed by atoms with Crippen molar-refractivity contribution in [2.75, 3.05) is 0 Å². The Morgan fingerprint density at radius 3 is 2.25 bits per heavy atom. The van der Waals surface area contributed by atoms with E-state index in [1.54, 1.807) is 0 Å². The van der Waals surface area contributed by atoms with Gasteiger partial charge in [-0.3, -0.25) is 0 Å². The van der Waals surface area contributed by atoms with E-state index in [1.807, 2.05) is 75.6 Å². The number of nitrogens with zero attached hydrogens (tertiary/aromatic N) is 2. The Kier molecular flexibility index (Phi) is 4.51. The predicted molar refractivity (Wildman–Crippen MR) is 129 cm³/mol. The summed E-state index contributed by atoms with van der Waals surface area (Å²) in [6, 6.07) is 24.5. The predicted octanol–water partition coefficient (Wildman–Crippen LogP) is 7.05. The lowest BCUT2D eigenvalue weighted by molar-refractivity contribution is -0.660. The Balaban J connectivity index is 1.84. The van der Waals surface area contributed by atoms with Crippen molar-refractivity contribution in [2.45, 2.75) is 26.7 Å².